The van der Waals surface area contributed by atoms with Crippen molar-refractivity contribution in [3.63, 3.8) is 0 Å². The molecular formula is C29H37F3N6O2. The summed E-state index contributed by atoms with van der Waals surface area (Å²) in [5.41, 5.74) is 0.630. The molecule has 8 nitrogen and oxygen atoms in total. The van der Waals surface area contributed by atoms with Crippen molar-refractivity contribution in [3.05, 3.63) is 41.6 Å². The van der Waals surface area contributed by atoms with Gasteiger partial charge in [-0.25, -0.2) is 4.98 Å². The Morgan fingerprint density at radius 2 is 1.75 bits per heavy atom. The van der Waals surface area contributed by atoms with Crippen LogP contribution in [0.2, 0.25) is 0 Å². The van der Waals surface area contributed by atoms with Gasteiger partial charge in [0.2, 0.25) is 5.95 Å². The Labute approximate surface area is 232 Å². The van der Waals surface area contributed by atoms with Crippen LogP contribution < -0.4 is 20.7 Å². The van der Waals surface area contributed by atoms with E-state index < -0.39 is 6.36 Å². The molecule has 1 aromatic carbocycles. The van der Waals surface area contributed by atoms with Crippen molar-refractivity contribution in [3.8, 4) is 11.8 Å². The molecule has 3 saturated carbocycles. The molecule has 4 atom stereocenters. The number of nitrogens with one attached hydrogen (secondary N) is 3. The van der Waals surface area contributed by atoms with Gasteiger partial charge in [-0.3, -0.25) is 0 Å². The zero-order chi connectivity index (χ0) is 28.1. The molecule has 0 spiro atoms. The maximum atomic E-state index is 12.8. The van der Waals surface area contributed by atoms with Gasteiger partial charge in [0.05, 0.1) is 12.3 Å². The molecule has 2 unspecified atom stereocenters. The van der Waals surface area contributed by atoms with E-state index >= 15 is 0 Å². The molecule has 0 amide bonds. The summed E-state index contributed by atoms with van der Waals surface area (Å²) in [7, 11) is 0. The van der Waals surface area contributed by atoms with Crippen LogP contribution in [-0.4, -0.2) is 46.2 Å². The SMILES string of the molecule is N#Cc1cnc(NCc2ccccc2OC(F)(F)F)nc1NCC1C[C@H]2CCC[C@@H](C1)C2N[C@H]1CC[C@H](O)CC1. The number of ether oxygens (including phenoxy) is 1. The summed E-state index contributed by atoms with van der Waals surface area (Å²) in [6, 6.07) is 9.08. The maximum Gasteiger partial charge on any atom is 0.573 e. The number of benzene rings is 1. The number of hydrogen-bond donors (Lipinski definition) is 4. The lowest BCUT2D eigenvalue weighted by molar-refractivity contribution is -0.274. The van der Waals surface area contributed by atoms with Crippen LogP contribution in [0.25, 0.3) is 0 Å². The van der Waals surface area contributed by atoms with Gasteiger partial charge in [-0.1, -0.05) is 24.6 Å². The summed E-state index contributed by atoms with van der Waals surface area (Å²) in [5.74, 6) is 2.07. The van der Waals surface area contributed by atoms with Gasteiger partial charge in [0.15, 0.2) is 0 Å². The van der Waals surface area contributed by atoms with Crippen molar-refractivity contribution >= 4 is 11.8 Å². The summed E-state index contributed by atoms with van der Waals surface area (Å²) in [5, 5.41) is 29.7. The average Bonchev–Trinajstić information content (AvgIpc) is 2.92. The second-order valence-corrected chi connectivity index (χ2v) is 11.4. The minimum absolute atomic E-state index is 0.0257. The molecule has 1 aromatic heterocycles. The molecule has 40 heavy (non-hydrogen) atoms. The summed E-state index contributed by atoms with van der Waals surface area (Å²) in [6.07, 6.45) is 6.31. The Morgan fingerprint density at radius 3 is 2.45 bits per heavy atom. The molecule has 0 radical (unpaired) electrons. The quantitative estimate of drug-likeness (QED) is 0.325. The number of fused-ring (bicyclic) bond motifs is 2. The molecule has 0 saturated heterocycles. The highest BCUT2D eigenvalue weighted by Crippen LogP contribution is 2.43. The van der Waals surface area contributed by atoms with Crippen molar-refractivity contribution in [1.29, 1.82) is 5.26 Å². The standard InChI is InChI=1S/C29H37F3N6O2/c30-29(31,32)40-25-7-2-1-4-21(25)16-35-28-36-17-22(14-33)27(38-28)34-15-18-12-19-5-3-6-20(13-18)26(19)37-23-8-10-24(39)11-9-23/h1-2,4,7,17-20,23-24,26,37,39H,3,5-6,8-13,15-16H2,(H2,34,35,36,38)/t18?,19-,20+,23-,24-,26?. The van der Waals surface area contributed by atoms with Gasteiger partial charge in [0, 0.05) is 30.7 Å². The molecule has 1 heterocycles. The second kappa shape index (κ2) is 12.6. The van der Waals surface area contributed by atoms with Crippen LogP contribution in [0.4, 0.5) is 24.9 Å². The Morgan fingerprint density at radius 1 is 1.02 bits per heavy atom. The van der Waals surface area contributed by atoms with Crippen LogP contribution in [-0.2, 0) is 6.54 Å². The normalized spacial score (nSPS) is 28.4. The first-order valence-corrected chi connectivity index (χ1v) is 14.3. The van der Waals surface area contributed by atoms with Gasteiger partial charge in [0.25, 0.3) is 0 Å². The molecular weight excluding hydrogens is 521 g/mol. The maximum absolute atomic E-state index is 12.8. The van der Waals surface area contributed by atoms with Crippen LogP contribution >= 0.6 is 0 Å². The van der Waals surface area contributed by atoms with E-state index in [2.05, 4.69) is 36.7 Å². The fraction of sp³-hybridized carbons (Fsp3) is 0.621. The van der Waals surface area contributed by atoms with Crippen LogP contribution in [0.15, 0.2) is 30.5 Å². The van der Waals surface area contributed by atoms with Gasteiger partial charge in [-0.2, -0.15) is 10.2 Å². The first kappa shape index (κ1) is 28.4. The zero-order valence-electron chi connectivity index (χ0n) is 22.5. The van der Waals surface area contributed by atoms with Crippen LogP contribution in [0, 0.1) is 29.1 Å². The fourth-order valence-electron chi connectivity index (χ4n) is 6.79. The molecule has 216 valence electrons. The van der Waals surface area contributed by atoms with Gasteiger partial charge < -0.3 is 25.8 Å². The zero-order valence-corrected chi connectivity index (χ0v) is 22.5. The first-order chi connectivity index (χ1) is 19.3. The van der Waals surface area contributed by atoms with E-state index in [1.54, 1.807) is 6.07 Å². The van der Waals surface area contributed by atoms with Gasteiger partial charge in [-0.15, -0.1) is 13.2 Å². The fourth-order valence-corrected chi connectivity index (χ4v) is 6.79. The number of nitrogens with zero attached hydrogens (tertiary/aromatic N) is 3. The number of aliphatic hydroxyl groups is 1. The van der Waals surface area contributed by atoms with Crippen molar-refractivity contribution < 1.29 is 23.0 Å². The molecule has 4 N–H and O–H groups in total. The Bertz CT molecular complexity index is 1170. The minimum Gasteiger partial charge on any atom is -0.405 e. The number of para-hydroxylation sites is 1. The molecule has 3 fully saturated rings. The number of nitriles is 1. The van der Waals surface area contributed by atoms with Crippen LogP contribution in [0.5, 0.6) is 5.75 Å². The van der Waals surface area contributed by atoms with E-state index in [0.29, 0.717) is 53.3 Å². The minimum atomic E-state index is -4.79. The third-order valence-corrected chi connectivity index (χ3v) is 8.67. The summed E-state index contributed by atoms with van der Waals surface area (Å²) in [6.45, 7) is 0.723. The van der Waals surface area contributed by atoms with E-state index in [1.807, 2.05) is 0 Å². The molecule has 5 rings (SSSR count). The number of alkyl halides is 3. The number of halogens is 3. The Kier molecular flexibility index (Phi) is 8.96. The summed E-state index contributed by atoms with van der Waals surface area (Å²) < 4.78 is 42.4. The Balaban J connectivity index is 1.18. The van der Waals surface area contributed by atoms with Crippen molar-refractivity contribution in [2.75, 3.05) is 17.2 Å². The predicted molar refractivity (Wildman–Crippen MR) is 144 cm³/mol. The average molecular weight is 559 g/mol. The lowest BCUT2D eigenvalue weighted by Crippen LogP contribution is -2.53. The monoisotopic (exact) mass is 558 g/mol. The van der Waals surface area contributed by atoms with Gasteiger partial charge >= 0.3 is 6.36 Å². The van der Waals surface area contributed by atoms with E-state index in [0.717, 1.165) is 38.5 Å². The predicted octanol–water partition coefficient (Wildman–Crippen LogP) is 5.36. The molecule has 2 bridgehead atoms. The third kappa shape index (κ3) is 7.34. The second-order valence-electron chi connectivity index (χ2n) is 11.4. The van der Waals surface area contributed by atoms with Gasteiger partial charge in [-0.05, 0) is 75.2 Å². The van der Waals surface area contributed by atoms with E-state index in [-0.39, 0.29) is 24.3 Å². The number of rotatable bonds is 9. The number of anilines is 2. The smallest absolute Gasteiger partial charge is 0.405 e. The molecule has 0 aliphatic heterocycles. The molecule has 2 aromatic rings. The number of aliphatic hydroxyl groups excluding tert-OH is 1. The highest BCUT2D eigenvalue weighted by molar-refractivity contribution is 5.53. The summed E-state index contributed by atoms with van der Waals surface area (Å²) in [4.78, 5) is 8.64. The van der Waals surface area contributed by atoms with E-state index in [9.17, 15) is 23.5 Å². The summed E-state index contributed by atoms with van der Waals surface area (Å²) >= 11 is 0. The van der Waals surface area contributed by atoms with Crippen LogP contribution in [0.3, 0.4) is 0 Å². The van der Waals surface area contributed by atoms with Gasteiger partial charge in [0.1, 0.15) is 23.2 Å². The van der Waals surface area contributed by atoms with E-state index in [4.69, 9.17) is 0 Å². The third-order valence-electron chi connectivity index (χ3n) is 8.67. The molecule has 3 aliphatic rings. The lowest BCUT2D eigenvalue weighted by Gasteiger charge is -2.48. The number of aromatic nitrogens is 2. The topological polar surface area (TPSA) is 115 Å². The first-order valence-electron chi connectivity index (χ1n) is 14.3. The van der Waals surface area contributed by atoms with Crippen molar-refractivity contribution in [2.24, 2.45) is 17.8 Å². The van der Waals surface area contributed by atoms with E-state index in [1.165, 1.54) is 43.7 Å². The molecule has 3 aliphatic carbocycles. The molecule has 11 heteroatoms. The van der Waals surface area contributed by atoms with Crippen molar-refractivity contribution in [2.45, 2.75) is 88.9 Å². The largest absolute Gasteiger partial charge is 0.573 e. The van der Waals surface area contributed by atoms with Crippen LogP contribution in [0.1, 0.15) is 68.9 Å². The lowest BCUT2D eigenvalue weighted by atomic mass is 9.64. The Hall–Kier alpha value is -3.10. The van der Waals surface area contributed by atoms with Crippen molar-refractivity contribution in [1.82, 2.24) is 15.3 Å². The highest BCUT2D eigenvalue weighted by atomic mass is 19.4. The number of hydrogen-bond acceptors (Lipinski definition) is 8. The highest BCUT2D eigenvalue weighted by Gasteiger charge is 2.41.